The first-order chi connectivity index (χ1) is 7.15. The maximum absolute atomic E-state index is 11.4. The first-order valence-electron chi connectivity index (χ1n) is 5.33. The van der Waals surface area contributed by atoms with E-state index in [1.807, 2.05) is 0 Å². The molecule has 1 fully saturated rings. The molecule has 1 aliphatic carbocycles. The van der Waals surface area contributed by atoms with Gasteiger partial charge in [-0.25, -0.2) is 0 Å². The third kappa shape index (κ3) is 4.15. The van der Waals surface area contributed by atoms with Crippen LogP contribution >= 0.6 is 0 Å². The van der Waals surface area contributed by atoms with Gasteiger partial charge in [-0.3, -0.25) is 4.79 Å². The zero-order valence-corrected chi connectivity index (χ0v) is 9.11. The Kier molecular flexibility index (Phi) is 5.01. The highest BCUT2D eigenvalue weighted by Crippen LogP contribution is 2.25. The summed E-state index contributed by atoms with van der Waals surface area (Å²) in [4.78, 5) is 11.4. The molecule has 1 amide bonds. The van der Waals surface area contributed by atoms with Crippen molar-refractivity contribution in [3.05, 3.63) is 0 Å². The third-order valence-electron chi connectivity index (χ3n) is 2.81. The molecule has 0 aromatic rings. The molecule has 5 heteroatoms. The summed E-state index contributed by atoms with van der Waals surface area (Å²) in [6, 6.07) is 0. The molecule has 1 aliphatic rings. The quantitative estimate of drug-likeness (QED) is 0.545. The fourth-order valence-corrected chi connectivity index (χ4v) is 1.67. The van der Waals surface area contributed by atoms with Crippen LogP contribution in [0.15, 0.2) is 0 Å². The number of nitrogens with one attached hydrogen (secondary N) is 1. The van der Waals surface area contributed by atoms with E-state index in [-0.39, 0.29) is 18.1 Å². The molecule has 0 heterocycles. The molecule has 0 aliphatic heterocycles. The maximum Gasteiger partial charge on any atom is 0.222 e. The molecule has 0 spiro atoms. The molecule has 1 rings (SSSR count). The molecule has 88 valence electrons. The minimum atomic E-state index is -0.197. The van der Waals surface area contributed by atoms with Gasteiger partial charge < -0.3 is 20.9 Å². The normalized spacial score (nSPS) is 26.9. The van der Waals surface area contributed by atoms with Crippen LogP contribution in [0.4, 0.5) is 0 Å². The van der Waals surface area contributed by atoms with Crippen LogP contribution in [0.25, 0.3) is 0 Å². The van der Waals surface area contributed by atoms with E-state index in [2.05, 4.69) is 5.32 Å². The number of methoxy groups -OCH3 is 1. The number of hydrogen-bond donors (Lipinski definition) is 3. The van der Waals surface area contributed by atoms with Gasteiger partial charge in [-0.2, -0.15) is 0 Å². The van der Waals surface area contributed by atoms with Gasteiger partial charge in [0.25, 0.3) is 0 Å². The Balaban J connectivity index is 2.08. The van der Waals surface area contributed by atoms with Gasteiger partial charge in [-0.1, -0.05) is 0 Å². The summed E-state index contributed by atoms with van der Waals surface area (Å²) >= 11 is 0. The molecule has 0 aromatic heterocycles. The minimum Gasteiger partial charge on any atom is -0.393 e. The van der Waals surface area contributed by atoms with Crippen molar-refractivity contribution in [1.82, 2.24) is 5.32 Å². The Labute approximate surface area is 90.0 Å². The number of aliphatic hydroxyl groups excluding tert-OH is 1. The summed E-state index contributed by atoms with van der Waals surface area (Å²) in [6.45, 7) is 1.00. The van der Waals surface area contributed by atoms with E-state index >= 15 is 0 Å². The van der Waals surface area contributed by atoms with Crippen molar-refractivity contribution in [2.75, 3.05) is 20.2 Å². The number of rotatable bonds is 6. The summed E-state index contributed by atoms with van der Waals surface area (Å²) in [5.74, 6) is 0.400. The van der Waals surface area contributed by atoms with Crippen LogP contribution in [0.5, 0.6) is 0 Å². The zero-order chi connectivity index (χ0) is 11.3. The molecule has 1 unspecified atom stereocenters. The number of aliphatic hydroxyl groups is 1. The number of carbonyl (C=O) groups is 1. The van der Waals surface area contributed by atoms with E-state index in [1.54, 1.807) is 7.11 Å². The maximum atomic E-state index is 11.4. The van der Waals surface area contributed by atoms with Crippen LogP contribution in [0.2, 0.25) is 0 Å². The topological polar surface area (TPSA) is 84.6 Å². The summed E-state index contributed by atoms with van der Waals surface area (Å²) in [7, 11) is 1.55. The average molecular weight is 216 g/mol. The lowest BCUT2D eigenvalue weighted by molar-refractivity contribution is -0.124. The van der Waals surface area contributed by atoms with Crippen LogP contribution < -0.4 is 11.1 Å². The second kappa shape index (κ2) is 6.05. The molecular formula is C10H20N2O3. The summed E-state index contributed by atoms with van der Waals surface area (Å²) < 4.78 is 5.01. The fraction of sp³-hybridized carbons (Fsp3) is 0.900. The lowest BCUT2D eigenvalue weighted by Gasteiger charge is -2.31. The van der Waals surface area contributed by atoms with Crippen molar-refractivity contribution in [3.63, 3.8) is 0 Å². The highest BCUT2D eigenvalue weighted by molar-refractivity contribution is 5.76. The van der Waals surface area contributed by atoms with Gasteiger partial charge >= 0.3 is 0 Å². The standard InChI is InChI=1S/C10H20N2O3/c1-15-9(5-11)4-10(14)12-6-7-2-8(13)3-7/h7-9,13H,2-6,11H2,1H3,(H,12,14). The zero-order valence-electron chi connectivity index (χ0n) is 9.11. The number of hydrogen-bond acceptors (Lipinski definition) is 4. The Bertz CT molecular complexity index is 201. The van der Waals surface area contributed by atoms with Crippen LogP contribution in [0, 0.1) is 5.92 Å². The van der Waals surface area contributed by atoms with Gasteiger partial charge in [-0.05, 0) is 18.8 Å². The molecule has 5 nitrogen and oxygen atoms in total. The van der Waals surface area contributed by atoms with Gasteiger partial charge in [0.05, 0.1) is 18.6 Å². The third-order valence-corrected chi connectivity index (χ3v) is 2.81. The van der Waals surface area contributed by atoms with Crippen LogP contribution in [0.3, 0.4) is 0 Å². The fourth-order valence-electron chi connectivity index (χ4n) is 1.67. The SMILES string of the molecule is COC(CN)CC(=O)NCC1CC(O)C1. The first-order valence-corrected chi connectivity index (χ1v) is 5.33. The van der Waals surface area contributed by atoms with E-state index in [0.717, 1.165) is 12.8 Å². The minimum absolute atomic E-state index is 0.0336. The van der Waals surface area contributed by atoms with E-state index < -0.39 is 0 Å². The molecule has 0 aromatic carbocycles. The Hall–Kier alpha value is -0.650. The molecule has 0 radical (unpaired) electrons. The summed E-state index contributed by atoms with van der Waals surface area (Å²) in [6.07, 6.45) is 1.54. The monoisotopic (exact) mass is 216 g/mol. The predicted molar refractivity (Wildman–Crippen MR) is 56.2 cm³/mol. The van der Waals surface area contributed by atoms with Gasteiger partial charge in [0.2, 0.25) is 5.91 Å². The highest BCUT2D eigenvalue weighted by Gasteiger charge is 2.27. The van der Waals surface area contributed by atoms with E-state index in [1.165, 1.54) is 0 Å². The van der Waals surface area contributed by atoms with E-state index in [9.17, 15) is 4.79 Å². The highest BCUT2D eigenvalue weighted by atomic mass is 16.5. The molecule has 1 saturated carbocycles. The van der Waals surface area contributed by atoms with Gasteiger partial charge in [0, 0.05) is 20.2 Å². The second-order valence-electron chi connectivity index (χ2n) is 4.09. The van der Waals surface area contributed by atoms with Gasteiger partial charge in [-0.15, -0.1) is 0 Å². The molecule has 0 saturated heterocycles. The summed E-state index contributed by atoms with van der Waals surface area (Å²) in [5, 5.41) is 11.9. The van der Waals surface area contributed by atoms with Crippen molar-refractivity contribution in [2.45, 2.75) is 31.5 Å². The Morgan fingerprint density at radius 3 is 2.80 bits per heavy atom. The Morgan fingerprint density at radius 1 is 1.67 bits per heavy atom. The molecule has 1 atom stereocenters. The van der Waals surface area contributed by atoms with Crippen molar-refractivity contribution >= 4 is 5.91 Å². The predicted octanol–water partition coefficient (Wildman–Crippen LogP) is -0.763. The van der Waals surface area contributed by atoms with Crippen molar-refractivity contribution < 1.29 is 14.6 Å². The molecule has 4 N–H and O–H groups in total. The average Bonchev–Trinajstić information content (AvgIpc) is 2.19. The van der Waals surface area contributed by atoms with E-state index in [0.29, 0.717) is 25.4 Å². The van der Waals surface area contributed by atoms with Crippen molar-refractivity contribution in [1.29, 1.82) is 0 Å². The number of amides is 1. The second-order valence-corrected chi connectivity index (χ2v) is 4.09. The van der Waals surface area contributed by atoms with Crippen LogP contribution in [0.1, 0.15) is 19.3 Å². The van der Waals surface area contributed by atoms with Gasteiger partial charge in [0.1, 0.15) is 0 Å². The number of nitrogens with two attached hydrogens (primary N) is 1. The molecule has 0 bridgehead atoms. The number of ether oxygens (including phenoxy) is 1. The lowest BCUT2D eigenvalue weighted by atomic mass is 9.82. The molecule has 15 heavy (non-hydrogen) atoms. The van der Waals surface area contributed by atoms with Crippen molar-refractivity contribution in [2.24, 2.45) is 11.7 Å². The summed E-state index contributed by atoms with van der Waals surface area (Å²) in [5.41, 5.74) is 5.41. The van der Waals surface area contributed by atoms with Crippen molar-refractivity contribution in [3.8, 4) is 0 Å². The van der Waals surface area contributed by atoms with Crippen LogP contribution in [-0.4, -0.2) is 43.4 Å². The lowest BCUT2D eigenvalue weighted by Crippen LogP contribution is -2.40. The van der Waals surface area contributed by atoms with Gasteiger partial charge in [0.15, 0.2) is 0 Å². The molecular weight excluding hydrogens is 196 g/mol. The largest absolute Gasteiger partial charge is 0.393 e. The smallest absolute Gasteiger partial charge is 0.222 e. The first kappa shape index (κ1) is 12.4. The van der Waals surface area contributed by atoms with Crippen LogP contribution in [-0.2, 0) is 9.53 Å². The van der Waals surface area contributed by atoms with E-state index in [4.69, 9.17) is 15.6 Å². The Morgan fingerprint density at radius 2 is 2.33 bits per heavy atom. The number of carbonyl (C=O) groups excluding carboxylic acids is 1.